The van der Waals surface area contributed by atoms with Crippen molar-refractivity contribution in [2.75, 3.05) is 13.2 Å². The number of rotatable bonds is 2. The molecule has 166 valence electrons. The van der Waals surface area contributed by atoms with Gasteiger partial charge in [0.1, 0.15) is 0 Å². The van der Waals surface area contributed by atoms with Gasteiger partial charge in [0.05, 0.1) is 0 Å². The Labute approximate surface area is 188 Å². The summed E-state index contributed by atoms with van der Waals surface area (Å²) < 4.78 is 9.93. The molecule has 0 spiro atoms. The summed E-state index contributed by atoms with van der Waals surface area (Å²) in [5.41, 5.74) is 0. The van der Waals surface area contributed by atoms with Gasteiger partial charge in [0, 0.05) is 0 Å². The molecule has 2 saturated heterocycles. The average Bonchev–Trinajstić information content (AvgIpc) is 2.65. The molecule has 27 heavy (non-hydrogen) atoms. The molecule has 0 amide bonds. The molecule has 0 saturated carbocycles. The van der Waals surface area contributed by atoms with E-state index >= 15 is 0 Å². The van der Waals surface area contributed by atoms with Crippen LogP contribution in [0.5, 0.6) is 0 Å². The first-order valence-corrected chi connectivity index (χ1v) is 14.9. The summed E-state index contributed by atoms with van der Waals surface area (Å²) in [6, 6.07) is 0. The number of ether oxygens (including phenoxy) is 2. The minimum atomic E-state index is -1.28. The second-order valence-corrected chi connectivity index (χ2v) is 10.7. The van der Waals surface area contributed by atoms with E-state index in [1.165, 1.54) is 0 Å². The van der Waals surface area contributed by atoms with Crippen LogP contribution < -0.4 is 0 Å². The number of hydrogen-bond donors (Lipinski definition) is 8. The van der Waals surface area contributed by atoms with Gasteiger partial charge in [-0.05, 0) is 0 Å². The first kappa shape index (κ1) is 28.9. The summed E-state index contributed by atoms with van der Waals surface area (Å²) in [5, 5.41) is 71.2. The molecule has 15 heteroatoms. The summed E-state index contributed by atoms with van der Waals surface area (Å²) >= 11 is 4.51. The number of hydrogen-bond acceptors (Lipinski definition) is 10. The second-order valence-electron chi connectivity index (χ2n) is 5.44. The van der Waals surface area contributed by atoms with Crippen LogP contribution in [0.2, 0.25) is 0 Å². The molecule has 0 aromatic heterocycles. The van der Waals surface area contributed by atoms with Gasteiger partial charge in [-0.15, -0.1) is 0 Å². The third kappa shape index (κ3) is 8.89. The van der Waals surface area contributed by atoms with Gasteiger partial charge in [0.2, 0.25) is 0 Å². The Hall–Kier alpha value is 1.91. The number of aliphatic hydroxyl groups is 8. The number of halogens is 2. The molecule has 0 bridgehead atoms. The van der Waals surface area contributed by atoms with Crippen molar-refractivity contribution in [1.82, 2.24) is 0 Å². The summed E-state index contributed by atoms with van der Waals surface area (Å²) in [4.78, 5) is 0. The van der Waals surface area contributed by atoms with Crippen LogP contribution in [-0.2, 0) is 26.0 Å². The summed E-state index contributed by atoms with van der Waals surface area (Å²) in [7, 11) is 9.75. The second kappa shape index (κ2) is 14.8. The third-order valence-electron chi connectivity index (χ3n) is 3.70. The van der Waals surface area contributed by atoms with Crippen molar-refractivity contribution in [1.29, 1.82) is 0 Å². The summed E-state index contributed by atoms with van der Waals surface area (Å²) in [5.74, 6) is 0. The molecule has 0 aromatic rings. The quantitative estimate of drug-likeness (QED) is 0.128. The molecule has 2 aliphatic heterocycles. The van der Waals surface area contributed by atoms with Crippen LogP contribution in [0.3, 0.4) is 0 Å². The zero-order valence-corrected chi connectivity index (χ0v) is 20.7. The Bertz CT molecular complexity index is 364. The Morgan fingerprint density at radius 1 is 0.630 bits per heavy atom. The Kier molecular flexibility index (Phi) is 15.9. The zero-order chi connectivity index (χ0) is 21.3. The van der Waals surface area contributed by atoms with E-state index in [0.717, 1.165) is 0 Å². The van der Waals surface area contributed by atoms with Crippen LogP contribution in [0.15, 0.2) is 0 Å². The molecule has 10 atom stereocenters. The van der Waals surface area contributed by atoms with Crippen molar-refractivity contribution in [3.63, 3.8) is 0 Å². The first-order chi connectivity index (χ1) is 12.6. The molecule has 2 rings (SSSR count). The van der Waals surface area contributed by atoms with Crippen LogP contribution in [0.4, 0.5) is 0 Å². The standard InChI is InChI=1S/2C6H11O5Se.2ClH.Pt/c2*7-1-2-3(8)4(9)5(10)6(12)11-2;;;/h2*2-10H,1H2;2*1H;/q;;;;+2/p-2/t2*2-,3+,4+,5-,6?;;;/m11.../s1. The Morgan fingerprint density at radius 2 is 0.889 bits per heavy atom. The monoisotopic (exact) mass is 751 g/mol. The fourth-order valence-corrected chi connectivity index (χ4v) is 3.41. The van der Waals surface area contributed by atoms with E-state index < -0.39 is 75.3 Å². The summed E-state index contributed by atoms with van der Waals surface area (Å²) in [6.45, 7) is -0.772. The third-order valence-corrected chi connectivity index (χ3v) is 5.33. The molecule has 2 fully saturated rings. The molecule has 0 aromatic carbocycles. The van der Waals surface area contributed by atoms with Crippen molar-refractivity contribution in [2.45, 2.75) is 58.8 Å². The van der Waals surface area contributed by atoms with E-state index in [1.807, 2.05) is 0 Å². The maximum atomic E-state index is 9.22. The van der Waals surface area contributed by atoms with Crippen molar-refractivity contribution in [2.24, 2.45) is 0 Å². The van der Waals surface area contributed by atoms with E-state index in [9.17, 15) is 30.6 Å². The van der Waals surface area contributed by atoms with E-state index in [0.29, 0.717) is 0 Å². The van der Waals surface area contributed by atoms with Crippen LogP contribution in [-0.4, -0.2) is 145 Å². The Morgan fingerprint density at radius 3 is 1.11 bits per heavy atom. The van der Waals surface area contributed by atoms with Gasteiger partial charge in [0.15, 0.2) is 0 Å². The molecule has 8 N–H and O–H groups in total. The van der Waals surface area contributed by atoms with Gasteiger partial charge in [-0.25, -0.2) is 0 Å². The molecule has 0 aliphatic carbocycles. The van der Waals surface area contributed by atoms with Crippen molar-refractivity contribution in [3.8, 4) is 0 Å². The Balaban J connectivity index is 0.000000438. The van der Waals surface area contributed by atoms with E-state index in [2.05, 4.69) is 32.0 Å². The zero-order valence-electron chi connectivity index (χ0n) is 13.5. The molecular formula is C12H22Cl2O10PtSe2. The fourth-order valence-electron chi connectivity index (χ4n) is 2.13. The molecule has 2 unspecified atom stereocenters. The van der Waals surface area contributed by atoms with E-state index in [-0.39, 0.29) is 13.2 Å². The molecule has 2 aliphatic rings. The van der Waals surface area contributed by atoms with Gasteiger partial charge in [-0.2, -0.15) is 0 Å². The van der Waals surface area contributed by atoms with Crippen molar-refractivity contribution < 1.29 is 66.8 Å². The number of aliphatic hydroxyl groups excluding tert-OH is 8. The van der Waals surface area contributed by atoms with Crippen LogP contribution in [0.25, 0.3) is 0 Å². The fraction of sp³-hybridized carbons (Fsp3) is 1.00. The van der Waals surface area contributed by atoms with Gasteiger partial charge in [0.25, 0.3) is 0 Å². The van der Waals surface area contributed by atoms with Gasteiger partial charge in [-0.1, -0.05) is 0 Å². The van der Waals surface area contributed by atoms with Gasteiger partial charge >= 0.3 is 190 Å². The van der Waals surface area contributed by atoms with Crippen LogP contribution in [0, 0.1) is 0 Å². The average molecular weight is 750 g/mol. The van der Waals surface area contributed by atoms with E-state index in [4.69, 9.17) is 38.5 Å². The predicted molar refractivity (Wildman–Crippen MR) is 90.7 cm³/mol. The van der Waals surface area contributed by atoms with Crippen LogP contribution in [0.1, 0.15) is 0 Å². The molecule has 2 heterocycles. The molecule has 10 nitrogen and oxygen atoms in total. The van der Waals surface area contributed by atoms with Crippen molar-refractivity contribution >= 4 is 50.9 Å². The minimum absolute atomic E-state index is 0.386. The van der Waals surface area contributed by atoms with E-state index in [1.54, 1.807) is 0 Å². The first-order valence-electron chi connectivity index (χ1n) is 7.32. The SMILES string of the molecule is OC[C@H]1OC([Se])[C@H](O)[C@@H](O)[C@H]1O.OC[C@H]1OC([Se])[C@H](O)[C@@H](O)[C@H]1O.[Cl][Pt][Cl]. The molecular weight excluding hydrogens is 728 g/mol. The van der Waals surface area contributed by atoms with Crippen molar-refractivity contribution in [3.05, 3.63) is 0 Å². The molecule has 2 radical (unpaired) electrons. The van der Waals surface area contributed by atoms with Gasteiger partial charge < -0.3 is 0 Å². The van der Waals surface area contributed by atoms with Crippen LogP contribution >= 0.6 is 18.8 Å². The van der Waals surface area contributed by atoms with Gasteiger partial charge in [-0.3, -0.25) is 0 Å². The topological polar surface area (TPSA) is 180 Å². The maximum absolute atomic E-state index is 9.22. The summed E-state index contributed by atoms with van der Waals surface area (Å²) in [6.07, 6.45) is -9.01. The predicted octanol–water partition coefficient (Wildman–Crippen LogP) is -4.71. The normalized spacial score (nSPS) is 44.6.